The van der Waals surface area contributed by atoms with Crippen molar-refractivity contribution in [2.24, 2.45) is 0 Å². The molecular weight excluding hydrogens is 324 g/mol. The van der Waals surface area contributed by atoms with Gasteiger partial charge in [-0.15, -0.1) is 0 Å². The molecular formula is C20H17ClO3. The van der Waals surface area contributed by atoms with Crippen LogP contribution in [0.2, 0.25) is 5.02 Å². The Bertz CT molecular complexity index is 789. The van der Waals surface area contributed by atoms with E-state index in [1.165, 1.54) is 0 Å². The van der Waals surface area contributed by atoms with E-state index in [0.717, 1.165) is 23.1 Å². The molecule has 3 rings (SSSR count). The van der Waals surface area contributed by atoms with Crippen molar-refractivity contribution in [1.29, 1.82) is 0 Å². The summed E-state index contributed by atoms with van der Waals surface area (Å²) in [7, 11) is 0. The molecule has 0 aliphatic carbocycles. The zero-order valence-electron chi connectivity index (χ0n) is 13.0. The van der Waals surface area contributed by atoms with Gasteiger partial charge in [0.25, 0.3) is 0 Å². The van der Waals surface area contributed by atoms with Gasteiger partial charge in [0.2, 0.25) is 0 Å². The normalized spacial score (nSPS) is 15.1. The lowest BCUT2D eigenvalue weighted by Crippen LogP contribution is -2.12. The van der Waals surface area contributed by atoms with Crippen LogP contribution in [-0.2, 0) is 9.53 Å². The highest BCUT2D eigenvalue weighted by atomic mass is 35.5. The van der Waals surface area contributed by atoms with E-state index in [-0.39, 0.29) is 0 Å². The first kappa shape index (κ1) is 16.3. The number of rotatable bonds is 4. The minimum absolute atomic E-state index is 0.323. The Morgan fingerprint density at radius 3 is 2.38 bits per heavy atom. The molecule has 0 aromatic heterocycles. The topological polar surface area (TPSA) is 46.5 Å². The van der Waals surface area contributed by atoms with Crippen molar-refractivity contribution < 1.29 is 14.6 Å². The van der Waals surface area contributed by atoms with Crippen LogP contribution in [-0.4, -0.2) is 17.7 Å². The van der Waals surface area contributed by atoms with Gasteiger partial charge in [-0.2, -0.15) is 0 Å². The molecule has 4 heteroatoms. The van der Waals surface area contributed by atoms with Crippen molar-refractivity contribution in [2.75, 3.05) is 6.61 Å². The van der Waals surface area contributed by atoms with Crippen LogP contribution in [0.25, 0.3) is 5.57 Å². The Balaban J connectivity index is 2.14. The van der Waals surface area contributed by atoms with Gasteiger partial charge in [-0.1, -0.05) is 54.1 Å². The van der Waals surface area contributed by atoms with E-state index in [1.54, 1.807) is 0 Å². The van der Waals surface area contributed by atoms with Crippen LogP contribution >= 0.6 is 11.6 Å². The summed E-state index contributed by atoms with van der Waals surface area (Å²) in [5.74, 6) is -0.493. The number of carboxylic acid groups (broad SMARTS) is 1. The highest BCUT2D eigenvalue weighted by molar-refractivity contribution is 6.30. The van der Waals surface area contributed by atoms with Gasteiger partial charge in [0.15, 0.2) is 0 Å². The number of allylic oxidation sites excluding steroid dienone is 1. The first-order valence-corrected chi connectivity index (χ1v) is 8.15. The van der Waals surface area contributed by atoms with Gasteiger partial charge in [0, 0.05) is 5.02 Å². The van der Waals surface area contributed by atoms with Crippen LogP contribution in [0.4, 0.5) is 0 Å². The molecule has 0 amide bonds. The van der Waals surface area contributed by atoms with E-state index < -0.39 is 5.97 Å². The molecule has 0 radical (unpaired) electrons. The van der Waals surface area contributed by atoms with Crippen LogP contribution < -0.4 is 0 Å². The lowest BCUT2D eigenvalue weighted by atomic mass is 9.95. The molecule has 24 heavy (non-hydrogen) atoms. The van der Waals surface area contributed by atoms with Gasteiger partial charge in [0.1, 0.15) is 5.76 Å². The van der Waals surface area contributed by atoms with Crippen LogP contribution in [0.15, 0.2) is 72.0 Å². The summed E-state index contributed by atoms with van der Waals surface area (Å²) in [5.41, 5.74) is 3.18. The molecule has 0 atom stereocenters. The van der Waals surface area contributed by atoms with E-state index in [1.807, 2.05) is 60.7 Å². The van der Waals surface area contributed by atoms with Crippen molar-refractivity contribution in [3.63, 3.8) is 0 Å². The second-order valence-electron chi connectivity index (χ2n) is 5.53. The lowest BCUT2D eigenvalue weighted by molar-refractivity contribution is -0.133. The third-order valence-corrected chi connectivity index (χ3v) is 4.15. The molecule has 0 spiro atoms. The Morgan fingerprint density at radius 2 is 1.71 bits per heavy atom. The second-order valence-corrected chi connectivity index (χ2v) is 5.97. The van der Waals surface area contributed by atoms with Crippen LogP contribution in [0.1, 0.15) is 24.0 Å². The number of ether oxygens (including phenoxy) is 1. The number of halogens is 1. The molecule has 1 aliphatic heterocycles. The van der Waals surface area contributed by atoms with E-state index in [9.17, 15) is 9.90 Å². The van der Waals surface area contributed by atoms with Crippen molar-refractivity contribution >= 4 is 23.1 Å². The highest BCUT2D eigenvalue weighted by Crippen LogP contribution is 2.29. The monoisotopic (exact) mass is 340 g/mol. The fraction of sp³-hybridized carbons (Fsp3) is 0.150. The van der Waals surface area contributed by atoms with Crippen molar-refractivity contribution in [3.8, 4) is 0 Å². The lowest BCUT2D eigenvalue weighted by Gasteiger charge is -2.18. The number of aliphatic carboxylic acids is 1. The SMILES string of the molecule is O=C(O)C1=C(/C=C(/c2ccccc2)c2ccc(Cl)cc2)OCCC1. The van der Waals surface area contributed by atoms with E-state index in [0.29, 0.717) is 29.4 Å². The summed E-state index contributed by atoms with van der Waals surface area (Å²) < 4.78 is 5.65. The summed E-state index contributed by atoms with van der Waals surface area (Å²) in [4.78, 5) is 11.5. The maximum Gasteiger partial charge on any atom is 0.335 e. The van der Waals surface area contributed by atoms with Crippen LogP contribution in [0.3, 0.4) is 0 Å². The first-order chi connectivity index (χ1) is 11.6. The fourth-order valence-electron chi connectivity index (χ4n) is 2.69. The summed E-state index contributed by atoms with van der Waals surface area (Å²) in [5, 5.41) is 10.1. The van der Waals surface area contributed by atoms with Gasteiger partial charge < -0.3 is 9.84 Å². The van der Waals surface area contributed by atoms with Gasteiger partial charge in [-0.05, 0) is 47.8 Å². The standard InChI is InChI=1S/C20H17ClO3/c21-16-10-8-15(9-11-16)18(14-5-2-1-3-6-14)13-19-17(20(22)23)7-4-12-24-19/h1-3,5-6,8-11,13H,4,7,12H2,(H,22,23)/b18-13-. The molecule has 0 saturated carbocycles. The zero-order valence-corrected chi connectivity index (χ0v) is 13.8. The van der Waals surface area contributed by atoms with Gasteiger partial charge in [0.05, 0.1) is 12.2 Å². The Hall–Kier alpha value is -2.52. The molecule has 3 nitrogen and oxygen atoms in total. The fourth-order valence-corrected chi connectivity index (χ4v) is 2.82. The molecule has 0 unspecified atom stereocenters. The van der Waals surface area contributed by atoms with Gasteiger partial charge >= 0.3 is 5.97 Å². The zero-order chi connectivity index (χ0) is 16.9. The Kier molecular flexibility index (Phi) is 5.02. The maximum absolute atomic E-state index is 11.5. The van der Waals surface area contributed by atoms with E-state index >= 15 is 0 Å². The predicted octanol–water partition coefficient (Wildman–Crippen LogP) is 4.92. The minimum atomic E-state index is -0.926. The molecule has 1 N–H and O–H groups in total. The molecule has 0 fully saturated rings. The summed E-state index contributed by atoms with van der Waals surface area (Å²) in [6.45, 7) is 0.533. The number of carbonyl (C=O) groups is 1. The smallest absolute Gasteiger partial charge is 0.335 e. The van der Waals surface area contributed by atoms with Gasteiger partial charge in [-0.3, -0.25) is 0 Å². The number of carboxylic acids is 1. The molecule has 0 bridgehead atoms. The Morgan fingerprint density at radius 1 is 1.04 bits per heavy atom. The molecule has 1 heterocycles. The third kappa shape index (κ3) is 3.69. The highest BCUT2D eigenvalue weighted by Gasteiger charge is 2.19. The van der Waals surface area contributed by atoms with Crippen LogP contribution in [0, 0.1) is 0 Å². The average Bonchev–Trinajstić information content (AvgIpc) is 2.61. The Labute approximate surface area is 145 Å². The number of hydrogen-bond acceptors (Lipinski definition) is 2. The molecule has 0 saturated heterocycles. The summed E-state index contributed by atoms with van der Waals surface area (Å²) in [6, 6.07) is 17.3. The largest absolute Gasteiger partial charge is 0.493 e. The summed E-state index contributed by atoms with van der Waals surface area (Å²) >= 11 is 5.99. The molecule has 2 aromatic carbocycles. The van der Waals surface area contributed by atoms with Gasteiger partial charge in [-0.25, -0.2) is 4.79 Å². The van der Waals surface area contributed by atoms with Crippen molar-refractivity contribution in [2.45, 2.75) is 12.8 Å². The van der Waals surface area contributed by atoms with E-state index in [4.69, 9.17) is 16.3 Å². The quantitative estimate of drug-likeness (QED) is 0.859. The van der Waals surface area contributed by atoms with Crippen molar-refractivity contribution in [1.82, 2.24) is 0 Å². The predicted molar refractivity (Wildman–Crippen MR) is 94.8 cm³/mol. The van der Waals surface area contributed by atoms with Crippen LogP contribution in [0.5, 0.6) is 0 Å². The second kappa shape index (κ2) is 7.37. The molecule has 2 aromatic rings. The minimum Gasteiger partial charge on any atom is -0.493 e. The molecule has 122 valence electrons. The first-order valence-electron chi connectivity index (χ1n) is 7.77. The molecule has 1 aliphatic rings. The third-order valence-electron chi connectivity index (χ3n) is 3.90. The van der Waals surface area contributed by atoms with Crippen molar-refractivity contribution in [3.05, 3.63) is 88.2 Å². The maximum atomic E-state index is 11.5. The number of benzene rings is 2. The number of hydrogen-bond donors (Lipinski definition) is 1. The summed E-state index contributed by atoms with van der Waals surface area (Å²) in [6.07, 6.45) is 3.06. The average molecular weight is 341 g/mol. The van der Waals surface area contributed by atoms with E-state index in [2.05, 4.69) is 0 Å².